The molecule has 15 nitrogen and oxygen atoms in total. The van der Waals surface area contributed by atoms with Gasteiger partial charge in [0, 0.05) is 43.5 Å². The lowest BCUT2D eigenvalue weighted by Crippen LogP contribution is -2.57. The molecule has 0 bridgehead atoms. The maximum Gasteiger partial charge on any atom is 0.334 e. The first-order valence-corrected chi connectivity index (χ1v) is 21.0. The molecular weight excluding hydrogens is 794 g/mol. The number of halogens is 1. The van der Waals surface area contributed by atoms with E-state index in [0.29, 0.717) is 22.6 Å². The number of amides is 5. The van der Waals surface area contributed by atoms with Crippen LogP contribution in [0.1, 0.15) is 94.1 Å². The van der Waals surface area contributed by atoms with Gasteiger partial charge in [-0.2, -0.15) is 0 Å². The molecule has 0 radical (unpaired) electrons. The molecule has 334 valence electrons. The predicted octanol–water partition coefficient (Wildman–Crippen LogP) is 3.89. The summed E-state index contributed by atoms with van der Waals surface area (Å²) in [4.78, 5) is 98.4. The minimum Gasteiger partial charge on any atom is -0.460 e. The van der Waals surface area contributed by atoms with Crippen LogP contribution >= 0.6 is 11.6 Å². The highest BCUT2D eigenvalue weighted by Crippen LogP contribution is 2.23. The van der Waals surface area contributed by atoms with Crippen LogP contribution in [0.3, 0.4) is 0 Å². The number of carbonyl (C=O) groups is 7. The molecule has 0 aliphatic carbocycles. The van der Waals surface area contributed by atoms with Crippen LogP contribution in [0, 0.1) is 17.8 Å². The third-order valence-electron chi connectivity index (χ3n) is 10.9. The molecule has 0 spiro atoms. The van der Waals surface area contributed by atoms with Gasteiger partial charge in [-0.15, -0.1) is 0 Å². The summed E-state index contributed by atoms with van der Waals surface area (Å²) in [7, 11) is 2.82. The maximum absolute atomic E-state index is 14.1. The summed E-state index contributed by atoms with van der Waals surface area (Å²) >= 11 is 6.11. The van der Waals surface area contributed by atoms with Crippen LogP contribution in [0.2, 0.25) is 5.02 Å². The highest BCUT2D eigenvalue weighted by Gasteiger charge is 2.36. The average Bonchev–Trinajstić information content (AvgIpc) is 3.20. The number of nitrogens with one attached hydrogen (secondary N) is 3. The van der Waals surface area contributed by atoms with E-state index in [2.05, 4.69) is 16.0 Å². The van der Waals surface area contributed by atoms with Crippen molar-refractivity contribution in [3.8, 4) is 0 Å². The highest BCUT2D eigenvalue weighted by molar-refractivity contribution is 6.30. The van der Waals surface area contributed by atoms with Gasteiger partial charge >= 0.3 is 11.9 Å². The number of rotatable bonds is 9. The van der Waals surface area contributed by atoms with E-state index in [-0.39, 0.29) is 30.8 Å². The molecule has 0 saturated heterocycles. The highest BCUT2D eigenvalue weighted by atomic mass is 35.5. The number of allylic oxidation sites excluding steroid dienone is 1. The van der Waals surface area contributed by atoms with E-state index in [4.69, 9.17) is 21.1 Å². The van der Waals surface area contributed by atoms with Gasteiger partial charge in [0.15, 0.2) is 6.10 Å². The third-order valence-corrected chi connectivity index (χ3v) is 11.2. The molecule has 1 heterocycles. The Labute approximate surface area is 360 Å². The lowest BCUT2D eigenvalue weighted by molar-refractivity contribution is -0.156. The van der Waals surface area contributed by atoms with Crippen molar-refractivity contribution in [1.29, 1.82) is 0 Å². The van der Waals surface area contributed by atoms with Crippen molar-refractivity contribution in [2.75, 3.05) is 20.6 Å². The van der Waals surface area contributed by atoms with Crippen molar-refractivity contribution in [3.63, 3.8) is 0 Å². The third kappa shape index (κ3) is 15.1. The van der Waals surface area contributed by atoms with Crippen molar-refractivity contribution in [3.05, 3.63) is 58.1 Å². The molecule has 0 fully saturated rings. The fraction of sp³-hybridized carbons (Fsp3) is 0.614. The first kappa shape index (κ1) is 51.4. The van der Waals surface area contributed by atoms with Crippen LogP contribution in [0.5, 0.6) is 0 Å². The second-order valence-corrected chi connectivity index (χ2v) is 16.8. The topological polar surface area (TPSA) is 201 Å². The number of cyclic esters (lactones) is 2. The molecule has 0 saturated carbocycles. The number of aliphatic hydroxyl groups is 1. The standard InChI is InChI=1S/C44H66ClN5O10/c1-13-25(5)37-40(54)47-30(10)44(58)59-34(28(8)38(52)26(6)14-2)20-15-27(7)43(57)60-35(21-24(3)4)39(53)46-29(9)41(55)50(12)33(22-31-16-18-32(45)19-17-31)42(56)49(11)23-36(51)48-37/h14-19,24-25,28-30,33-35,37-38,52H,13,20-23H2,1-12H3,(H,46,53)(H,47,54)(H,48,51)/b26-14+,27-15+/t25-,28+,29+,30+,33+,34-,35+,37-,38+/m0/s1. The van der Waals surface area contributed by atoms with Crippen molar-refractivity contribution in [2.45, 2.75) is 137 Å². The minimum atomic E-state index is -1.29. The number of ether oxygens (including phenoxy) is 2. The molecule has 0 unspecified atom stereocenters. The van der Waals surface area contributed by atoms with E-state index >= 15 is 0 Å². The summed E-state index contributed by atoms with van der Waals surface area (Å²) in [6.45, 7) is 16.3. The molecule has 16 heteroatoms. The minimum absolute atomic E-state index is 0.0312. The predicted molar refractivity (Wildman–Crippen MR) is 228 cm³/mol. The number of carbonyl (C=O) groups excluding carboxylic acids is 7. The normalized spacial score (nSPS) is 26.8. The Morgan fingerprint density at radius 2 is 1.52 bits per heavy atom. The van der Waals surface area contributed by atoms with Gasteiger partial charge in [-0.1, -0.05) is 76.9 Å². The van der Waals surface area contributed by atoms with Crippen LogP contribution in [0.4, 0.5) is 0 Å². The summed E-state index contributed by atoms with van der Waals surface area (Å²) in [5.41, 5.74) is 1.39. The average molecular weight is 860 g/mol. The van der Waals surface area contributed by atoms with Crippen LogP contribution in [0.15, 0.2) is 47.6 Å². The summed E-state index contributed by atoms with van der Waals surface area (Å²) in [5, 5.41) is 19.5. The molecule has 60 heavy (non-hydrogen) atoms. The largest absolute Gasteiger partial charge is 0.460 e. The van der Waals surface area contributed by atoms with Crippen LogP contribution < -0.4 is 16.0 Å². The number of hydrogen-bond acceptors (Lipinski definition) is 10. The maximum atomic E-state index is 14.1. The lowest BCUT2D eigenvalue weighted by Gasteiger charge is -2.33. The Kier molecular flexibility index (Phi) is 20.4. The Hall–Kier alpha value is -4.76. The monoisotopic (exact) mass is 859 g/mol. The van der Waals surface area contributed by atoms with Gasteiger partial charge in [-0.3, -0.25) is 24.0 Å². The molecule has 1 aromatic rings. The van der Waals surface area contributed by atoms with Gasteiger partial charge in [0.2, 0.25) is 23.6 Å². The first-order valence-electron chi connectivity index (χ1n) is 20.6. The van der Waals surface area contributed by atoms with Gasteiger partial charge in [0.05, 0.1) is 12.6 Å². The molecule has 5 amide bonds. The van der Waals surface area contributed by atoms with E-state index < -0.39 is 102 Å². The Bertz CT molecular complexity index is 1750. The molecule has 9 atom stereocenters. The second kappa shape index (κ2) is 23.9. The molecule has 2 rings (SSSR count). The van der Waals surface area contributed by atoms with Gasteiger partial charge in [0.1, 0.15) is 30.3 Å². The van der Waals surface area contributed by atoms with Crippen molar-refractivity contribution < 1.29 is 48.1 Å². The van der Waals surface area contributed by atoms with Gasteiger partial charge in [-0.25, -0.2) is 9.59 Å². The van der Waals surface area contributed by atoms with Crippen molar-refractivity contribution >= 4 is 53.1 Å². The van der Waals surface area contributed by atoms with E-state index in [0.717, 1.165) is 4.90 Å². The zero-order valence-electron chi connectivity index (χ0n) is 37.2. The zero-order chi connectivity index (χ0) is 45.6. The van der Waals surface area contributed by atoms with E-state index in [1.54, 1.807) is 58.0 Å². The molecule has 4 N–H and O–H groups in total. The van der Waals surface area contributed by atoms with E-state index in [1.807, 2.05) is 20.8 Å². The zero-order valence-corrected chi connectivity index (χ0v) is 37.9. The first-order chi connectivity index (χ1) is 28.0. The molecule has 1 aliphatic rings. The summed E-state index contributed by atoms with van der Waals surface area (Å²) in [5.74, 6) is -6.06. The van der Waals surface area contributed by atoms with Crippen LogP contribution in [-0.2, 0) is 49.5 Å². The quantitative estimate of drug-likeness (QED) is 0.209. The number of aliphatic hydroxyl groups excluding tert-OH is 1. The Balaban J connectivity index is 2.66. The number of esters is 2. The molecule has 1 aromatic carbocycles. The number of nitrogens with zero attached hydrogens (tertiary/aromatic N) is 2. The fourth-order valence-electron chi connectivity index (χ4n) is 6.54. The number of benzene rings is 1. The van der Waals surface area contributed by atoms with Gasteiger partial charge < -0.3 is 40.3 Å². The van der Waals surface area contributed by atoms with E-state index in [9.17, 15) is 38.7 Å². The number of hydrogen-bond donors (Lipinski definition) is 4. The summed E-state index contributed by atoms with van der Waals surface area (Å²) < 4.78 is 11.6. The van der Waals surface area contributed by atoms with Crippen molar-refractivity contribution in [2.24, 2.45) is 17.8 Å². The molecular formula is C44H66ClN5O10. The SMILES string of the molecule is C/C=C(\C)[C@@H](O)[C@H](C)[C@@H]1C/C=C(\C)C(=O)O[C@H](CC(C)C)C(=O)N[C@H](C)C(=O)N(C)[C@H](Cc2ccc(Cl)cc2)C(=O)N(C)CC(=O)N[C@@H]([C@@H](C)CC)C(=O)N[C@H](C)C(=O)O1. The summed E-state index contributed by atoms with van der Waals surface area (Å²) in [6, 6.07) is 2.09. The smallest absolute Gasteiger partial charge is 0.334 e. The Morgan fingerprint density at radius 1 is 0.917 bits per heavy atom. The molecule has 1 aliphatic heterocycles. The van der Waals surface area contributed by atoms with Crippen LogP contribution in [-0.4, -0.2) is 120 Å². The van der Waals surface area contributed by atoms with Crippen molar-refractivity contribution in [1.82, 2.24) is 25.8 Å². The van der Waals surface area contributed by atoms with Gasteiger partial charge in [-0.05, 0) is 76.1 Å². The lowest BCUT2D eigenvalue weighted by atomic mass is 9.90. The fourth-order valence-corrected chi connectivity index (χ4v) is 6.66. The summed E-state index contributed by atoms with van der Waals surface area (Å²) in [6.07, 6.45) is 0.535. The molecule has 0 aromatic heterocycles. The Morgan fingerprint density at radius 3 is 2.08 bits per heavy atom. The number of likely N-dealkylation sites (N-methyl/N-ethyl adjacent to an activating group) is 2. The van der Waals surface area contributed by atoms with Gasteiger partial charge in [0.25, 0.3) is 5.91 Å². The van der Waals surface area contributed by atoms with Crippen LogP contribution in [0.25, 0.3) is 0 Å². The van der Waals surface area contributed by atoms with E-state index in [1.165, 1.54) is 45.8 Å². The second-order valence-electron chi connectivity index (χ2n) is 16.3.